The zero-order valence-electron chi connectivity index (χ0n) is 10.5. The molecule has 2 amide bonds. The summed E-state index contributed by atoms with van der Waals surface area (Å²) in [6, 6.07) is 7.63. The van der Waals surface area contributed by atoms with Crippen LogP contribution >= 0.6 is 11.6 Å². The van der Waals surface area contributed by atoms with Crippen molar-refractivity contribution in [2.24, 2.45) is 5.73 Å². The third-order valence-electron chi connectivity index (χ3n) is 2.69. The number of primary amides is 1. The standard InChI is InChI=1S/C14H9ClF2N2O2/c15-7-1-3-8(4-2-7)19-14(21)11-10(16)6-5-9(12(11)17)13(18)20/h1-6H,(H2,18,20)(H,19,21). The van der Waals surface area contributed by atoms with E-state index in [2.05, 4.69) is 5.32 Å². The molecule has 7 heteroatoms. The van der Waals surface area contributed by atoms with Crippen molar-refractivity contribution in [1.82, 2.24) is 0 Å². The molecule has 2 aromatic carbocycles. The maximum absolute atomic E-state index is 14.0. The van der Waals surface area contributed by atoms with Gasteiger partial charge in [0.25, 0.3) is 11.8 Å². The van der Waals surface area contributed by atoms with Crippen LogP contribution in [0.1, 0.15) is 20.7 Å². The number of hydrogen-bond acceptors (Lipinski definition) is 2. The van der Waals surface area contributed by atoms with Crippen LogP contribution in [0.2, 0.25) is 5.02 Å². The topological polar surface area (TPSA) is 72.2 Å². The van der Waals surface area contributed by atoms with Gasteiger partial charge >= 0.3 is 0 Å². The summed E-state index contributed by atoms with van der Waals surface area (Å²) in [7, 11) is 0. The van der Waals surface area contributed by atoms with Gasteiger partial charge in [-0.2, -0.15) is 0 Å². The summed E-state index contributed by atoms with van der Waals surface area (Å²) in [5, 5.41) is 2.75. The first-order valence-electron chi connectivity index (χ1n) is 5.75. The van der Waals surface area contributed by atoms with E-state index in [4.69, 9.17) is 17.3 Å². The fourth-order valence-electron chi connectivity index (χ4n) is 1.68. The molecule has 4 nitrogen and oxygen atoms in total. The Labute approximate surface area is 123 Å². The molecule has 0 bridgehead atoms. The minimum Gasteiger partial charge on any atom is -0.366 e. The zero-order valence-corrected chi connectivity index (χ0v) is 11.2. The largest absolute Gasteiger partial charge is 0.366 e. The molecular weight excluding hydrogens is 302 g/mol. The van der Waals surface area contributed by atoms with E-state index in [1.165, 1.54) is 24.3 Å². The number of amides is 2. The molecule has 0 aliphatic carbocycles. The van der Waals surface area contributed by atoms with Gasteiger partial charge in [-0.3, -0.25) is 9.59 Å². The minimum atomic E-state index is -1.30. The Morgan fingerprint density at radius 3 is 2.24 bits per heavy atom. The molecule has 3 N–H and O–H groups in total. The lowest BCUT2D eigenvalue weighted by atomic mass is 10.1. The molecule has 108 valence electrons. The van der Waals surface area contributed by atoms with Crippen molar-refractivity contribution in [3.63, 3.8) is 0 Å². The molecule has 0 saturated heterocycles. The van der Waals surface area contributed by atoms with Crippen molar-refractivity contribution in [3.05, 3.63) is 64.2 Å². The van der Waals surface area contributed by atoms with Gasteiger partial charge in [0, 0.05) is 10.7 Å². The van der Waals surface area contributed by atoms with Crippen LogP contribution in [-0.4, -0.2) is 11.8 Å². The summed E-state index contributed by atoms with van der Waals surface area (Å²) >= 11 is 5.69. The lowest BCUT2D eigenvalue weighted by Crippen LogP contribution is -2.20. The first-order chi connectivity index (χ1) is 9.90. The molecule has 0 aliphatic heterocycles. The van der Waals surface area contributed by atoms with Gasteiger partial charge in [0.15, 0.2) is 5.82 Å². The molecule has 0 fully saturated rings. The van der Waals surface area contributed by atoms with Crippen LogP contribution in [0.4, 0.5) is 14.5 Å². The van der Waals surface area contributed by atoms with Crippen LogP contribution < -0.4 is 11.1 Å². The summed E-state index contributed by atoms with van der Waals surface area (Å²) in [4.78, 5) is 23.0. The number of nitrogens with two attached hydrogens (primary N) is 1. The summed E-state index contributed by atoms with van der Waals surface area (Å²) < 4.78 is 27.6. The van der Waals surface area contributed by atoms with E-state index in [1.54, 1.807) is 0 Å². The number of halogens is 3. The van der Waals surface area contributed by atoms with E-state index in [9.17, 15) is 18.4 Å². The smallest absolute Gasteiger partial charge is 0.261 e. The predicted octanol–water partition coefficient (Wildman–Crippen LogP) is 2.97. The fraction of sp³-hybridized carbons (Fsp3) is 0. The molecule has 0 spiro atoms. The first-order valence-corrected chi connectivity index (χ1v) is 6.12. The van der Waals surface area contributed by atoms with Crippen molar-refractivity contribution in [2.45, 2.75) is 0 Å². The van der Waals surface area contributed by atoms with Crippen LogP contribution in [-0.2, 0) is 0 Å². The van der Waals surface area contributed by atoms with Gasteiger partial charge in [-0.25, -0.2) is 8.78 Å². The molecule has 0 radical (unpaired) electrons. The normalized spacial score (nSPS) is 10.2. The van der Waals surface area contributed by atoms with E-state index in [1.807, 2.05) is 0 Å². The maximum atomic E-state index is 14.0. The summed E-state index contributed by atoms with van der Waals surface area (Å²) in [5.41, 5.74) is 3.82. The highest BCUT2D eigenvalue weighted by Gasteiger charge is 2.22. The number of hydrogen-bond donors (Lipinski definition) is 2. The number of anilines is 1. The van der Waals surface area contributed by atoms with Gasteiger partial charge < -0.3 is 11.1 Å². The van der Waals surface area contributed by atoms with Crippen LogP contribution in [0.5, 0.6) is 0 Å². The number of carbonyl (C=O) groups excluding carboxylic acids is 2. The van der Waals surface area contributed by atoms with Gasteiger partial charge in [-0.15, -0.1) is 0 Å². The van der Waals surface area contributed by atoms with E-state index < -0.39 is 34.6 Å². The van der Waals surface area contributed by atoms with Gasteiger partial charge in [0.05, 0.1) is 5.56 Å². The minimum absolute atomic E-state index is 0.299. The van der Waals surface area contributed by atoms with Gasteiger partial charge in [0.1, 0.15) is 11.4 Å². The second-order valence-corrected chi connectivity index (χ2v) is 4.55. The average Bonchev–Trinajstić information content (AvgIpc) is 2.41. The molecule has 0 atom stereocenters. The average molecular weight is 311 g/mol. The predicted molar refractivity (Wildman–Crippen MR) is 74.3 cm³/mol. The quantitative estimate of drug-likeness (QED) is 0.914. The van der Waals surface area contributed by atoms with E-state index in [0.717, 1.165) is 12.1 Å². The maximum Gasteiger partial charge on any atom is 0.261 e. The van der Waals surface area contributed by atoms with E-state index in [0.29, 0.717) is 10.7 Å². The Morgan fingerprint density at radius 1 is 1.05 bits per heavy atom. The highest BCUT2D eigenvalue weighted by atomic mass is 35.5. The van der Waals surface area contributed by atoms with Gasteiger partial charge in [0.2, 0.25) is 0 Å². The number of benzene rings is 2. The first kappa shape index (κ1) is 14.9. The monoisotopic (exact) mass is 310 g/mol. The lowest BCUT2D eigenvalue weighted by molar-refractivity contribution is 0.0996. The molecule has 2 aromatic rings. The Hall–Kier alpha value is -2.47. The van der Waals surface area contributed by atoms with Crippen LogP contribution in [0.3, 0.4) is 0 Å². The SMILES string of the molecule is NC(=O)c1ccc(F)c(C(=O)Nc2ccc(Cl)cc2)c1F. The Morgan fingerprint density at radius 2 is 1.67 bits per heavy atom. The van der Waals surface area contributed by atoms with Crippen molar-refractivity contribution < 1.29 is 18.4 Å². The molecule has 0 heterocycles. The highest BCUT2D eigenvalue weighted by molar-refractivity contribution is 6.30. The highest BCUT2D eigenvalue weighted by Crippen LogP contribution is 2.19. The third-order valence-corrected chi connectivity index (χ3v) is 2.94. The van der Waals surface area contributed by atoms with Crippen LogP contribution in [0.15, 0.2) is 36.4 Å². The van der Waals surface area contributed by atoms with Gasteiger partial charge in [-0.05, 0) is 36.4 Å². The third kappa shape index (κ3) is 3.17. The molecule has 0 aliphatic rings. The zero-order chi connectivity index (χ0) is 15.6. The molecule has 0 unspecified atom stereocenters. The van der Waals surface area contributed by atoms with Gasteiger partial charge in [-0.1, -0.05) is 11.6 Å². The second kappa shape index (κ2) is 5.88. The Bertz CT molecular complexity index is 718. The van der Waals surface area contributed by atoms with Crippen LogP contribution in [0.25, 0.3) is 0 Å². The number of carbonyl (C=O) groups is 2. The molecule has 21 heavy (non-hydrogen) atoms. The lowest BCUT2D eigenvalue weighted by Gasteiger charge is -2.09. The molecule has 0 aromatic heterocycles. The van der Waals surface area contributed by atoms with Crippen molar-refractivity contribution in [3.8, 4) is 0 Å². The van der Waals surface area contributed by atoms with Crippen LogP contribution in [0, 0.1) is 11.6 Å². The molecular formula is C14H9ClF2N2O2. The van der Waals surface area contributed by atoms with Crippen molar-refractivity contribution in [1.29, 1.82) is 0 Å². The Kier molecular flexibility index (Phi) is 4.18. The summed E-state index contributed by atoms with van der Waals surface area (Å²) in [6.07, 6.45) is 0. The summed E-state index contributed by atoms with van der Waals surface area (Å²) in [5.74, 6) is -4.51. The second-order valence-electron chi connectivity index (χ2n) is 4.11. The number of rotatable bonds is 3. The summed E-state index contributed by atoms with van der Waals surface area (Å²) in [6.45, 7) is 0. The molecule has 0 saturated carbocycles. The Balaban J connectivity index is 2.37. The molecule has 2 rings (SSSR count). The fourth-order valence-corrected chi connectivity index (χ4v) is 1.80. The number of nitrogens with one attached hydrogen (secondary N) is 1. The van der Waals surface area contributed by atoms with Crippen molar-refractivity contribution >= 4 is 29.1 Å². The van der Waals surface area contributed by atoms with E-state index >= 15 is 0 Å². The van der Waals surface area contributed by atoms with Crippen molar-refractivity contribution in [2.75, 3.05) is 5.32 Å². The van der Waals surface area contributed by atoms with E-state index in [-0.39, 0.29) is 0 Å².